The van der Waals surface area contributed by atoms with Gasteiger partial charge in [-0.2, -0.15) is 17.6 Å². The summed E-state index contributed by atoms with van der Waals surface area (Å²) in [6.07, 6.45) is -8.41. The number of hydrogen-bond acceptors (Lipinski definition) is 1. The second-order valence-electron chi connectivity index (χ2n) is 2.80. The molecule has 76 valence electrons. The first-order valence-electron chi connectivity index (χ1n) is 3.60. The topological polar surface area (TPSA) is 9.23 Å². The summed E-state index contributed by atoms with van der Waals surface area (Å²) in [5, 5.41) is 0. The molecule has 0 fully saturated rings. The zero-order chi connectivity index (χ0) is 10.6. The Labute approximate surface area is 75.1 Å². The molecule has 0 radical (unpaired) electrons. The Morgan fingerprint density at radius 1 is 1.00 bits per heavy atom. The van der Waals surface area contributed by atoms with Gasteiger partial charge < -0.3 is 0 Å². The number of alkyl halides is 4. The molecule has 0 atom stereocenters. The fourth-order valence-corrected chi connectivity index (χ4v) is 1.33. The van der Waals surface area contributed by atoms with Crippen LogP contribution in [-0.4, -0.2) is 0 Å². The lowest BCUT2D eigenvalue weighted by Crippen LogP contribution is -2.18. The summed E-state index contributed by atoms with van der Waals surface area (Å²) in [6, 6.07) is 2.31. The lowest BCUT2D eigenvalue weighted by Gasteiger charge is -2.10. The zero-order valence-electron chi connectivity index (χ0n) is 6.53. The smallest absolute Gasteiger partial charge is 0.247 e. The number of hydrogen-bond donors (Lipinski definition) is 0. The first kappa shape index (κ1) is 9.39. The Kier molecular flexibility index (Phi) is 1.64. The van der Waals surface area contributed by atoms with Gasteiger partial charge in [0.2, 0.25) is 0 Å². The van der Waals surface area contributed by atoms with Crippen LogP contribution in [0.2, 0.25) is 0 Å². The Bertz CT molecular complexity index is 387. The van der Waals surface area contributed by atoms with Gasteiger partial charge in [-0.05, 0) is 12.1 Å². The molecular weight excluding hydrogens is 207 g/mol. The van der Waals surface area contributed by atoms with Crippen molar-refractivity contribution in [3.63, 3.8) is 0 Å². The van der Waals surface area contributed by atoms with E-state index in [4.69, 9.17) is 0 Å². The van der Waals surface area contributed by atoms with Crippen molar-refractivity contribution < 1.29 is 26.7 Å². The van der Waals surface area contributed by atoms with Crippen molar-refractivity contribution in [2.24, 2.45) is 0 Å². The van der Waals surface area contributed by atoms with E-state index >= 15 is 0 Å². The molecule has 0 saturated heterocycles. The molecule has 1 aromatic carbocycles. The van der Waals surface area contributed by atoms with Gasteiger partial charge in [-0.1, -0.05) is 6.07 Å². The molecule has 0 bridgehead atoms. The third kappa shape index (κ3) is 1.10. The number of benzene rings is 1. The first-order valence-corrected chi connectivity index (χ1v) is 3.60. The van der Waals surface area contributed by atoms with Crippen molar-refractivity contribution in [3.8, 4) is 0 Å². The molecule has 1 nitrogen and oxygen atoms in total. The normalized spacial score (nSPS) is 22.1. The minimum Gasteiger partial charge on any atom is -0.247 e. The second kappa shape index (κ2) is 2.44. The molecule has 0 aromatic heterocycles. The highest BCUT2D eigenvalue weighted by atomic mass is 19.3. The Morgan fingerprint density at radius 3 is 2.21 bits per heavy atom. The fraction of sp³-hybridized carbons (Fsp3) is 0.250. The highest BCUT2D eigenvalue weighted by molar-refractivity contribution is 5.36. The lowest BCUT2D eigenvalue weighted by atomic mass is 10.1. The number of ether oxygens (including phenoxy) is 1. The van der Waals surface area contributed by atoms with Gasteiger partial charge in [-0.25, -0.2) is 9.13 Å². The van der Waals surface area contributed by atoms with E-state index in [1.807, 2.05) is 0 Å². The van der Waals surface area contributed by atoms with Gasteiger partial charge in [0, 0.05) is 0 Å². The van der Waals surface area contributed by atoms with E-state index in [1.54, 1.807) is 0 Å². The van der Waals surface area contributed by atoms with Crippen LogP contribution in [0.4, 0.5) is 22.0 Å². The number of rotatable bonds is 0. The third-order valence-electron chi connectivity index (χ3n) is 1.87. The van der Waals surface area contributed by atoms with Crippen LogP contribution in [-0.2, 0) is 17.0 Å². The van der Waals surface area contributed by atoms with Crippen LogP contribution >= 0.6 is 0 Å². The summed E-state index contributed by atoms with van der Waals surface area (Å²) in [4.78, 5) is 0. The zero-order valence-corrected chi connectivity index (χ0v) is 6.53. The highest BCUT2D eigenvalue weighted by Gasteiger charge is 2.58. The molecule has 1 aromatic rings. The van der Waals surface area contributed by atoms with Gasteiger partial charge in [-0.3, -0.25) is 0 Å². The second-order valence-corrected chi connectivity index (χ2v) is 2.80. The maximum atomic E-state index is 12.8. The maximum absolute atomic E-state index is 12.8. The van der Waals surface area contributed by atoms with Gasteiger partial charge >= 0.3 is 12.2 Å². The minimum atomic E-state index is -4.27. The van der Waals surface area contributed by atoms with E-state index in [9.17, 15) is 22.0 Å². The van der Waals surface area contributed by atoms with Crippen LogP contribution in [0, 0.1) is 5.82 Å². The van der Waals surface area contributed by atoms with Gasteiger partial charge in [0.25, 0.3) is 0 Å². The van der Waals surface area contributed by atoms with Crippen LogP contribution in [0.1, 0.15) is 11.1 Å². The lowest BCUT2D eigenvalue weighted by molar-refractivity contribution is -0.370. The predicted molar refractivity (Wildman–Crippen MR) is 35.3 cm³/mol. The van der Waals surface area contributed by atoms with Gasteiger partial charge in [0.05, 0.1) is 11.1 Å². The van der Waals surface area contributed by atoms with Crippen molar-refractivity contribution in [1.29, 1.82) is 0 Å². The summed E-state index contributed by atoms with van der Waals surface area (Å²) in [5.74, 6) is -1.40. The molecule has 0 saturated carbocycles. The minimum absolute atomic E-state index is 0.678. The van der Waals surface area contributed by atoms with Crippen LogP contribution in [0.5, 0.6) is 0 Å². The van der Waals surface area contributed by atoms with Crippen LogP contribution in [0.3, 0.4) is 0 Å². The van der Waals surface area contributed by atoms with Crippen molar-refractivity contribution in [2.75, 3.05) is 0 Å². The Balaban J connectivity index is 2.72. The van der Waals surface area contributed by atoms with E-state index in [-0.39, 0.29) is 0 Å². The number of halogens is 5. The van der Waals surface area contributed by atoms with E-state index < -0.39 is 29.2 Å². The first-order chi connectivity index (χ1) is 6.34. The quantitative estimate of drug-likeness (QED) is 0.598. The summed E-state index contributed by atoms with van der Waals surface area (Å²) in [7, 11) is 0. The van der Waals surface area contributed by atoms with Crippen molar-refractivity contribution in [3.05, 3.63) is 35.1 Å². The summed E-state index contributed by atoms with van der Waals surface area (Å²) in [6.45, 7) is 0. The Morgan fingerprint density at radius 2 is 1.64 bits per heavy atom. The monoisotopic (exact) mass is 210 g/mol. The molecule has 2 rings (SSSR count). The molecule has 1 heterocycles. The summed E-state index contributed by atoms with van der Waals surface area (Å²) < 4.78 is 67.0. The molecule has 6 heteroatoms. The average Bonchev–Trinajstić information content (AvgIpc) is 2.18. The van der Waals surface area contributed by atoms with Crippen LogP contribution in [0.25, 0.3) is 0 Å². The molecule has 14 heavy (non-hydrogen) atoms. The fourth-order valence-electron chi connectivity index (χ4n) is 1.33. The molecule has 0 N–H and O–H groups in total. The van der Waals surface area contributed by atoms with Gasteiger partial charge in [0.1, 0.15) is 5.82 Å². The molecular formula is C8H3F5O. The molecule has 1 aliphatic rings. The van der Waals surface area contributed by atoms with Crippen molar-refractivity contribution in [1.82, 2.24) is 0 Å². The molecule has 1 aliphatic heterocycles. The van der Waals surface area contributed by atoms with Crippen molar-refractivity contribution in [2.45, 2.75) is 12.2 Å². The SMILES string of the molecule is Fc1cccc2c1C(F)(F)OC2(F)F. The van der Waals surface area contributed by atoms with E-state index in [2.05, 4.69) is 4.74 Å². The predicted octanol–water partition coefficient (Wildman–Crippen LogP) is 2.95. The van der Waals surface area contributed by atoms with Gasteiger partial charge in [0.15, 0.2) is 0 Å². The van der Waals surface area contributed by atoms with Gasteiger partial charge in [-0.15, -0.1) is 0 Å². The van der Waals surface area contributed by atoms with E-state index in [0.717, 1.165) is 6.07 Å². The largest absolute Gasteiger partial charge is 0.391 e. The van der Waals surface area contributed by atoms with Crippen molar-refractivity contribution >= 4 is 0 Å². The standard InChI is InChI=1S/C8H3F5O/c9-5-3-1-2-4-6(5)8(12,13)14-7(4,10)11/h1-3H. The molecule has 0 amide bonds. The Hall–Kier alpha value is -1.17. The molecule has 0 aliphatic carbocycles. The highest BCUT2D eigenvalue weighted by Crippen LogP contribution is 2.51. The van der Waals surface area contributed by atoms with Crippen LogP contribution in [0.15, 0.2) is 18.2 Å². The maximum Gasteiger partial charge on any atom is 0.391 e. The average molecular weight is 210 g/mol. The summed E-state index contributed by atoms with van der Waals surface area (Å²) >= 11 is 0. The van der Waals surface area contributed by atoms with E-state index in [0.29, 0.717) is 12.1 Å². The number of fused-ring (bicyclic) bond motifs is 1. The molecule has 0 spiro atoms. The summed E-state index contributed by atoms with van der Waals surface area (Å²) in [5.41, 5.74) is -2.51. The van der Waals surface area contributed by atoms with Crippen LogP contribution < -0.4 is 0 Å². The third-order valence-corrected chi connectivity index (χ3v) is 1.87. The van der Waals surface area contributed by atoms with E-state index in [1.165, 1.54) is 0 Å². The molecule has 0 unspecified atom stereocenters.